The van der Waals surface area contributed by atoms with Crippen molar-refractivity contribution in [3.63, 3.8) is 0 Å². The predicted octanol–water partition coefficient (Wildman–Crippen LogP) is 2.62. The van der Waals surface area contributed by atoms with Crippen molar-refractivity contribution in [2.24, 2.45) is 0 Å². The number of nitrogens with one attached hydrogen (secondary N) is 1. The van der Waals surface area contributed by atoms with E-state index in [0.29, 0.717) is 0 Å². The molecule has 54 valence electrons. The molecule has 0 aromatic carbocycles. The molecule has 10 heavy (non-hydrogen) atoms. The van der Waals surface area contributed by atoms with Crippen molar-refractivity contribution in [1.29, 1.82) is 0 Å². The Morgan fingerprint density at radius 3 is 2.70 bits per heavy atom. The van der Waals surface area contributed by atoms with E-state index >= 15 is 0 Å². The molecule has 1 heterocycles. The second-order valence-electron chi connectivity index (χ2n) is 2.40. The van der Waals surface area contributed by atoms with Crippen LogP contribution in [0.15, 0.2) is 12.1 Å². The first-order valence-corrected chi connectivity index (χ1v) is 3.83. The van der Waals surface area contributed by atoms with Crippen LogP contribution in [0.5, 0.6) is 0 Å². The molecule has 1 N–H and O–H groups in total. The van der Waals surface area contributed by atoms with Crippen molar-refractivity contribution >= 4 is 12.2 Å². The maximum absolute atomic E-state index is 5.00. The molecular weight excluding hydrogens is 142 g/mol. The molecule has 0 aliphatic heterocycles. The summed E-state index contributed by atoms with van der Waals surface area (Å²) in [6, 6.07) is 4.09. The molecular formula is C8H11NS. The van der Waals surface area contributed by atoms with Gasteiger partial charge < -0.3 is 4.98 Å². The summed E-state index contributed by atoms with van der Waals surface area (Å²) in [7, 11) is 0. The Morgan fingerprint density at radius 1 is 1.50 bits per heavy atom. The van der Waals surface area contributed by atoms with Crippen LogP contribution in [0.2, 0.25) is 0 Å². The van der Waals surface area contributed by atoms with Crippen LogP contribution in [0.4, 0.5) is 0 Å². The monoisotopic (exact) mass is 153 g/mol. The third-order valence-corrected chi connectivity index (χ3v) is 1.65. The molecule has 0 unspecified atom stereocenters. The van der Waals surface area contributed by atoms with Crippen LogP contribution in [0, 0.1) is 11.6 Å². The summed E-state index contributed by atoms with van der Waals surface area (Å²) in [6.07, 6.45) is 1.02. The van der Waals surface area contributed by atoms with E-state index in [1.807, 2.05) is 6.07 Å². The van der Waals surface area contributed by atoms with E-state index in [-0.39, 0.29) is 0 Å². The van der Waals surface area contributed by atoms with Crippen molar-refractivity contribution in [3.05, 3.63) is 28.0 Å². The Hall–Kier alpha value is -0.630. The largest absolute Gasteiger partial charge is 0.350 e. The quantitative estimate of drug-likeness (QED) is 0.613. The maximum atomic E-state index is 5.00. The molecule has 0 radical (unpaired) electrons. The Labute approximate surface area is 66.1 Å². The molecule has 0 bridgehead atoms. The number of H-pyrrole nitrogens is 1. The van der Waals surface area contributed by atoms with Gasteiger partial charge in [-0.3, -0.25) is 0 Å². The van der Waals surface area contributed by atoms with Gasteiger partial charge in [0, 0.05) is 5.69 Å². The number of hydrogen-bond acceptors (Lipinski definition) is 1. The van der Waals surface area contributed by atoms with Crippen molar-refractivity contribution in [2.75, 3.05) is 0 Å². The van der Waals surface area contributed by atoms with E-state index in [9.17, 15) is 0 Å². The average Bonchev–Trinajstić information content (AvgIpc) is 1.85. The first-order chi connectivity index (χ1) is 4.72. The second-order valence-corrected chi connectivity index (χ2v) is 2.84. The van der Waals surface area contributed by atoms with Crippen LogP contribution < -0.4 is 0 Å². The zero-order valence-electron chi connectivity index (χ0n) is 6.27. The Bertz CT molecular complexity index is 275. The molecule has 0 saturated carbocycles. The molecule has 0 saturated heterocycles. The standard InChI is InChI=1S/C8H11NS/c1-3-7-4-6(2)5-8(10)9-7/h4-5H,3H2,1-2H3,(H,9,10). The number of pyridine rings is 1. The first-order valence-electron chi connectivity index (χ1n) is 3.42. The van der Waals surface area contributed by atoms with Crippen molar-refractivity contribution in [1.82, 2.24) is 4.98 Å². The lowest BCUT2D eigenvalue weighted by molar-refractivity contribution is 1.02. The molecule has 1 rings (SSSR count). The van der Waals surface area contributed by atoms with Gasteiger partial charge in [-0.25, -0.2) is 0 Å². The van der Waals surface area contributed by atoms with Crippen LogP contribution in [0.1, 0.15) is 18.2 Å². The molecule has 1 nitrogen and oxygen atoms in total. The molecule has 0 amide bonds. The Kier molecular flexibility index (Phi) is 2.22. The number of aromatic amines is 1. The normalized spacial score (nSPS) is 9.80. The topological polar surface area (TPSA) is 15.8 Å². The van der Waals surface area contributed by atoms with Crippen LogP contribution in [0.3, 0.4) is 0 Å². The highest BCUT2D eigenvalue weighted by atomic mass is 32.1. The molecule has 1 aromatic rings. The van der Waals surface area contributed by atoms with E-state index in [1.54, 1.807) is 0 Å². The summed E-state index contributed by atoms with van der Waals surface area (Å²) in [4.78, 5) is 3.11. The van der Waals surface area contributed by atoms with Gasteiger partial charge >= 0.3 is 0 Å². The van der Waals surface area contributed by atoms with Crippen LogP contribution >= 0.6 is 12.2 Å². The van der Waals surface area contributed by atoms with Gasteiger partial charge in [-0.15, -0.1) is 0 Å². The van der Waals surface area contributed by atoms with Crippen molar-refractivity contribution in [3.8, 4) is 0 Å². The van der Waals surface area contributed by atoms with Gasteiger partial charge in [-0.2, -0.15) is 0 Å². The fourth-order valence-corrected chi connectivity index (χ4v) is 1.26. The summed E-state index contributed by atoms with van der Waals surface area (Å²) < 4.78 is 0.830. The van der Waals surface area contributed by atoms with Gasteiger partial charge in [0.25, 0.3) is 0 Å². The Balaban J connectivity index is 3.19. The van der Waals surface area contributed by atoms with Crippen LogP contribution in [-0.2, 0) is 6.42 Å². The van der Waals surface area contributed by atoms with Crippen LogP contribution in [0.25, 0.3) is 0 Å². The van der Waals surface area contributed by atoms with E-state index in [1.165, 1.54) is 11.3 Å². The van der Waals surface area contributed by atoms with E-state index in [4.69, 9.17) is 12.2 Å². The summed E-state index contributed by atoms with van der Waals surface area (Å²) in [5, 5.41) is 0. The lowest BCUT2D eigenvalue weighted by Gasteiger charge is -1.97. The van der Waals surface area contributed by atoms with E-state index < -0.39 is 0 Å². The summed E-state index contributed by atoms with van der Waals surface area (Å²) in [6.45, 7) is 4.17. The minimum absolute atomic E-state index is 0.830. The molecule has 2 heteroatoms. The summed E-state index contributed by atoms with van der Waals surface area (Å²) in [5.41, 5.74) is 2.45. The molecule has 0 atom stereocenters. The van der Waals surface area contributed by atoms with Gasteiger partial charge in [-0.05, 0) is 31.0 Å². The number of aryl methyl sites for hydroxylation is 2. The highest BCUT2D eigenvalue weighted by Crippen LogP contribution is 2.01. The summed E-state index contributed by atoms with van der Waals surface area (Å²) >= 11 is 5.00. The SMILES string of the molecule is CCc1cc(C)cc(=S)[nH]1. The fourth-order valence-electron chi connectivity index (χ4n) is 0.944. The van der Waals surface area contributed by atoms with Gasteiger partial charge in [0.2, 0.25) is 0 Å². The Morgan fingerprint density at radius 2 is 2.20 bits per heavy atom. The third-order valence-electron chi connectivity index (χ3n) is 1.43. The zero-order valence-corrected chi connectivity index (χ0v) is 7.09. The number of rotatable bonds is 1. The van der Waals surface area contributed by atoms with Gasteiger partial charge in [0.05, 0.1) is 0 Å². The van der Waals surface area contributed by atoms with Gasteiger partial charge in [0.1, 0.15) is 4.64 Å². The summed E-state index contributed by atoms with van der Waals surface area (Å²) in [5.74, 6) is 0. The lowest BCUT2D eigenvalue weighted by atomic mass is 10.2. The van der Waals surface area contributed by atoms with Gasteiger partial charge in [0.15, 0.2) is 0 Å². The highest BCUT2D eigenvalue weighted by molar-refractivity contribution is 7.71. The average molecular weight is 153 g/mol. The predicted molar refractivity (Wildman–Crippen MR) is 45.7 cm³/mol. The smallest absolute Gasteiger partial charge is 0.103 e. The van der Waals surface area contributed by atoms with Gasteiger partial charge in [-0.1, -0.05) is 19.1 Å². The van der Waals surface area contributed by atoms with Crippen molar-refractivity contribution in [2.45, 2.75) is 20.3 Å². The van der Waals surface area contributed by atoms with Crippen molar-refractivity contribution < 1.29 is 0 Å². The fraction of sp³-hybridized carbons (Fsp3) is 0.375. The molecule has 0 fully saturated rings. The molecule has 0 spiro atoms. The van der Waals surface area contributed by atoms with E-state index in [0.717, 1.165) is 11.1 Å². The highest BCUT2D eigenvalue weighted by Gasteiger charge is 1.88. The first kappa shape index (κ1) is 7.48. The number of aromatic nitrogens is 1. The third kappa shape index (κ3) is 1.67. The molecule has 1 aromatic heterocycles. The lowest BCUT2D eigenvalue weighted by Crippen LogP contribution is -1.87. The zero-order chi connectivity index (χ0) is 7.56. The molecule has 0 aliphatic carbocycles. The molecule has 0 aliphatic rings. The number of hydrogen-bond donors (Lipinski definition) is 1. The van der Waals surface area contributed by atoms with Crippen LogP contribution in [-0.4, -0.2) is 4.98 Å². The second kappa shape index (κ2) is 2.97. The maximum Gasteiger partial charge on any atom is 0.103 e. The van der Waals surface area contributed by atoms with E-state index in [2.05, 4.69) is 24.9 Å². The minimum atomic E-state index is 0.830. The minimum Gasteiger partial charge on any atom is -0.350 e.